The fourth-order valence-electron chi connectivity index (χ4n) is 1.89. The Hall–Kier alpha value is -2.76. The van der Waals surface area contributed by atoms with E-state index in [1.165, 1.54) is 49.6 Å². The summed E-state index contributed by atoms with van der Waals surface area (Å²) in [6.45, 7) is -0.524. The highest BCUT2D eigenvalue weighted by atomic mass is 32.2. The van der Waals surface area contributed by atoms with Crippen LogP contribution in [0, 0.1) is 5.82 Å². The molecule has 0 atom stereocenters. The lowest BCUT2D eigenvalue weighted by Gasteiger charge is -2.12. The Labute approximate surface area is 161 Å². The van der Waals surface area contributed by atoms with E-state index in [9.17, 15) is 17.6 Å². The van der Waals surface area contributed by atoms with Gasteiger partial charge in [0.2, 0.25) is 10.0 Å². The van der Waals surface area contributed by atoms with Gasteiger partial charge in [-0.2, -0.15) is 0 Å². The molecule has 0 fully saturated rings. The second-order valence-electron chi connectivity index (χ2n) is 5.11. The molecule has 0 heterocycles. The predicted octanol–water partition coefficient (Wildman–Crippen LogP) is 1.13. The van der Waals surface area contributed by atoms with E-state index < -0.39 is 28.3 Å². The largest absolute Gasteiger partial charge is 0.497 e. The molecule has 8 nitrogen and oxygen atoms in total. The van der Waals surface area contributed by atoms with Crippen molar-refractivity contribution < 1.29 is 22.3 Å². The molecule has 0 saturated heterocycles. The maximum absolute atomic E-state index is 13.5. The Morgan fingerprint density at radius 2 is 1.78 bits per heavy atom. The van der Waals surface area contributed by atoms with E-state index in [2.05, 4.69) is 20.9 Å². The minimum Gasteiger partial charge on any atom is -0.497 e. The standard InChI is InChI=1S/C16H17FN4O4S2/c1-25-11-6-8-12(9-7-11)27(23,24)18-10-15(22)20-21-16(26)19-14-5-3-2-4-13(14)17/h2-9,18H,10H2,1H3,(H,20,22)(H2,19,21,26). The molecule has 144 valence electrons. The molecule has 11 heteroatoms. The van der Waals surface area contributed by atoms with Gasteiger partial charge in [-0.25, -0.2) is 17.5 Å². The van der Waals surface area contributed by atoms with Crippen LogP contribution >= 0.6 is 12.2 Å². The summed E-state index contributed by atoms with van der Waals surface area (Å²) in [7, 11) is -2.40. The van der Waals surface area contributed by atoms with Crippen LogP contribution in [0.15, 0.2) is 53.4 Å². The molecule has 0 aliphatic rings. The molecule has 0 aliphatic heterocycles. The first kappa shape index (κ1) is 20.6. The van der Waals surface area contributed by atoms with Crippen molar-refractivity contribution in [3.05, 3.63) is 54.3 Å². The molecule has 0 saturated carbocycles. The number of rotatable bonds is 6. The monoisotopic (exact) mass is 412 g/mol. The van der Waals surface area contributed by atoms with Gasteiger partial charge in [0.05, 0.1) is 24.2 Å². The zero-order valence-electron chi connectivity index (χ0n) is 14.2. The van der Waals surface area contributed by atoms with Crippen LogP contribution in [0.3, 0.4) is 0 Å². The van der Waals surface area contributed by atoms with Gasteiger partial charge in [-0.3, -0.25) is 15.6 Å². The lowest BCUT2D eigenvalue weighted by molar-refractivity contribution is -0.120. The van der Waals surface area contributed by atoms with E-state index in [1.807, 2.05) is 0 Å². The number of hydrogen-bond acceptors (Lipinski definition) is 5. The number of amides is 1. The number of benzene rings is 2. The molecule has 2 aromatic carbocycles. The normalized spacial score (nSPS) is 10.7. The Bertz CT molecular complexity index is 920. The van der Waals surface area contributed by atoms with E-state index in [1.54, 1.807) is 6.07 Å². The highest BCUT2D eigenvalue weighted by Crippen LogP contribution is 2.15. The molecule has 0 radical (unpaired) electrons. The van der Waals surface area contributed by atoms with Gasteiger partial charge >= 0.3 is 0 Å². The van der Waals surface area contributed by atoms with E-state index in [4.69, 9.17) is 17.0 Å². The molecular weight excluding hydrogens is 395 g/mol. The van der Waals surface area contributed by atoms with Gasteiger partial charge in [0, 0.05) is 0 Å². The molecular formula is C16H17FN4O4S2. The summed E-state index contributed by atoms with van der Waals surface area (Å²) in [6, 6.07) is 11.5. The average molecular weight is 412 g/mol. The molecule has 0 aliphatic carbocycles. The van der Waals surface area contributed by atoms with E-state index in [0.717, 1.165) is 0 Å². The summed E-state index contributed by atoms with van der Waals surface area (Å²) >= 11 is 4.92. The fraction of sp³-hybridized carbons (Fsp3) is 0.125. The SMILES string of the molecule is COc1ccc(S(=O)(=O)NCC(=O)NNC(=S)Nc2ccccc2F)cc1. The summed E-state index contributed by atoms with van der Waals surface area (Å²) in [6.07, 6.45) is 0. The number of hydrazine groups is 1. The number of nitrogens with one attached hydrogen (secondary N) is 4. The van der Waals surface area contributed by atoms with Crippen LogP contribution in [0.25, 0.3) is 0 Å². The molecule has 1 amide bonds. The van der Waals surface area contributed by atoms with Gasteiger partial charge in [-0.05, 0) is 48.6 Å². The first-order valence-electron chi connectivity index (χ1n) is 7.56. The predicted molar refractivity (Wildman–Crippen MR) is 102 cm³/mol. The molecule has 27 heavy (non-hydrogen) atoms. The summed E-state index contributed by atoms with van der Waals surface area (Å²) in [5.41, 5.74) is 4.68. The number of anilines is 1. The first-order valence-corrected chi connectivity index (χ1v) is 9.45. The second kappa shape index (κ2) is 9.26. The van der Waals surface area contributed by atoms with Gasteiger partial charge in [-0.1, -0.05) is 12.1 Å². The zero-order chi connectivity index (χ0) is 19.9. The average Bonchev–Trinajstić information content (AvgIpc) is 2.66. The Morgan fingerprint density at radius 1 is 1.11 bits per heavy atom. The van der Waals surface area contributed by atoms with Crippen LogP contribution in [0.1, 0.15) is 0 Å². The molecule has 0 spiro atoms. The van der Waals surface area contributed by atoms with Crippen molar-refractivity contribution in [2.75, 3.05) is 19.0 Å². The van der Waals surface area contributed by atoms with Crippen molar-refractivity contribution in [1.82, 2.24) is 15.6 Å². The maximum Gasteiger partial charge on any atom is 0.253 e. The summed E-state index contributed by atoms with van der Waals surface area (Å²) in [4.78, 5) is 11.8. The van der Waals surface area contributed by atoms with E-state index in [-0.39, 0.29) is 15.7 Å². The second-order valence-corrected chi connectivity index (χ2v) is 7.28. The third-order valence-electron chi connectivity index (χ3n) is 3.23. The number of hydrogen-bond donors (Lipinski definition) is 4. The third-order valence-corrected chi connectivity index (χ3v) is 4.85. The van der Waals surface area contributed by atoms with Crippen molar-refractivity contribution in [2.24, 2.45) is 0 Å². The summed E-state index contributed by atoms with van der Waals surface area (Å²) < 4.78 is 44.8. The van der Waals surface area contributed by atoms with Crippen molar-refractivity contribution in [2.45, 2.75) is 4.90 Å². The highest BCUT2D eigenvalue weighted by Gasteiger charge is 2.15. The molecule has 2 aromatic rings. The number of carbonyl (C=O) groups is 1. The first-order chi connectivity index (χ1) is 12.8. The van der Waals surface area contributed by atoms with Crippen LogP contribution in [0.5, 0.6) is 5.75 Å². The molecule has 0 aromatic heterocycles. The summed E-state index contributed by atoms with van der Waals surface area (Å²) in [5, 5.41) is 2.49. The quantitative estimate of drug-likeness (QED) is 0.416. The number of carbonyl (C=O) groups excluding carboxylic acids is 1. The van der Waals surface area contributed by atoms with Crippen LogP contribution in [0.4, 0.5) is 10.1 Å². The van der Waals surface area contributed by atoms with Crippen molar-refractivity contribution in [1.29, 1.82) is 0 Å². The third kappa shape index (κ3) is 6.16. The number of methoxy groups -OCH3 is 1. The highest BCUT2D eigenvalue weighted by molar-refractivity contribution is 7.89. The van der Waals surface area contributed by atoms with Crippen LogP contribution in [0.2, 0.25) is 0 Å². The van der Waals surface area contributed by atoms with E-state index in [0.29, 0.717) is 5.75 Å². The minimum absolute atomic E-state index is 0.0131. The van der Waals surface area contributed by atoms with Crippen molar-refractivity contribution in [3.8, 4) is 5.75 Å². The van der Waals surface area contributed by atoms with Gasteiger partial charge in [-0.15, -0.1) is 0 Å². The van der Waals surface area contributed by atoms with Crippen LogP contribution < -0.4 is 25.6 Å². The number of sulfonamides is 1. The van der Waals surface area contributed by atoms with Crippen molar-refractivity contribution in [3.63, 3.8) is 0 Å². The maximum atomic E-state index is 13.5. The van der Waals surface area contributed by atoms with Crippen molar-refractivity contribution >= 4 is 38.9 Å². The van der Waals surface area contributed by atoms with Gasteiger partial charge in [0.25, 0.3) is 5.91 Å². The zero-order valence-corrected chi connectivity index (χ0v) is 15.8. The smallest absolute Gasteiger partial charge is 0.253 e. The number of halogens is 1. The number of para-hydroxylation sites is 1. The molecule has 0 bridgehead atoms. The van der Waals surface area contributed by atoms with Gasteiger partial charge in [0.15, 0.2) is 5.11 Å². The molecule has 4 N–H and O–H groups in total. The number of thiocarbonyl (C=S) groups is 1. The topological polar surface area (TPSA) is 109 Å². The van der Waals surface area contributed by atoms with Crippen LogP contribution in [-0.4, -0.2) is 33.1 Å². The van der Waals surface area contributed by atoms with Gasteiger partial charge < -0.3 is 10.1 Å². The number of ether oxygens (including phenoxy) is 1. The Morgan fingerprint density at radius 3 is 2.41 bits per heavy atom. The molecule has 0 unspecified atom stereocenters. The Kier molecular flexibility index (Phi) is 7.05. The summed E-state index contributed by atoms with van der Waals surface area (Å²) in [5.74, 6) is -0.697. The lowest BCUT2D eigenvalue weighted by atomic mass is 10.3. The Balaban J connectivity index is 1.81. The van der Waals surface area contributed by atoms with Crippen LogP contribution in [-0.2, 0) is 14.8 Å². The van der Waals surface area contributed by atoms with E-state index >= 15 is 0 Å². The molecule has 2 rings (SSSR count). The fourth-order valence-corrected chi connectivity index (χ4v) is 3.03. The van der Waals surface area contributed by atoms with Gasteiger partial charge in [0.1, 0.15) is 11.6 Å². The lowest BCUT2D eigenvalue weighted by Crippen LogP contribution is -2.47. The minimum atomic E-state index is -3.87.